The number of likely N-dealkylation sites (N-methyl/N-ethyl adjacent to an activating group) is 2. The number of nitrogens with one attached hydrogen (secondary N) is 1. The van der Waals surface area contributed by atoms with Gasteiger partial charge in [-0.2, -0.15) is 5.10 Å². The molecule has 44 heavy (non-hydrogen) atoms. The number of aryl methyl sites for hydroxylation is 1. The average Bonchev–Trinajstić information content (AvgIpc) is 3.61. The molecule has 0 saturated carbocycles. The van der Waals surface area contributed by atoms with Crippen LogP contribution in [0.15, 0.2) is 72.0 Å². The van der Waals surface area contributed by atoms with E-state index >= 15 is 0 Å². The summed E-state index contributed by atoms with van der Waals surface area (Å²) in [5.41, 5.74) is 8.62. The summed E-state index contributed by atoms with van der Waals surface area (Å²) in [5, 5.41) is 11.3. The minimum Gasteiger partial charge on any atom is -0.380 e. The van der Waals surface area contributed by atoms with Gasteiger partial charge >= 0.3 is 6.03 Å². The highest BCUT2D eigenvalue weighted by atomic mass is 16.5. The average molecular weight is 596 g/mol. The zero-order valence-corrected chi connectivity index (χ0v) is 26.9. The number of aromatic nitrogens is 2. The highest BCUT2D eigenvalue weighted by Crippen LogP contribution is 2.36. The Kier molecular flexibility index (Phi) is 9.97. The van der Waals surface area contributed by atoms with Crippen LogP contribution in [0.3, 0.4) is 0 Å². The molecule has 1 aliphatic heterocycles. The van der Waals surface area contributed by atoms with Crippen LogP contribution in [0, 0.1) is 0 Å². The van der Waals surface area contributed by atoms with Crippen LogP contribution >= 0.6 is 0 Å². The second-order valence-electron chi connectivity index (χ2n) is 11.7. The lowest BCUT2D eigenvalue weighted by Gasteiger charge is -2.18. The summed E-state index contributed by atoms with van der Waals surface area (Å²) in [6.07, 6.45) is 2.88. The number of fused-ring (bicyclic) bond motifs is 1. The molecular weight excluding hydrogens is 550 g/mol. The molecule has 2 aromatic carbocycles. The molecule has 9 nitrogen and oxygen atoms in total. The predicted octanol–water partition coefficient (Wildman–Crippen LogP) is 6.02. The van der Waals surface area contributed by atoms with E-state index in [0.29, 0.717) is 19.8 Å². The number of anilines is 1. The molecule has 0 saturated heterocycles. The van der Waals surface area contributed by atoms with Crippen molar-refractivity contribution in [2.45, 2.75) is 32.7 Å². The zero-order chi connectivity index (χ0) is 31.2. The van der Waals surface area contributed by atoms with Gasteiger partial charge in [0.25, 0.3) is 0 Å². The maximum atomic E-state index is 12.7. The number of amides is 2. The first-order valence-electron chi connectivity index (χ1n) is 15.5. The summed E-state index contributed by atoms with van der Waals surface area (Å²) in [7, 11) is 8.06. The highest BCUT2D eigenvalue weighted by molar-refractivity contribution is 6.08. The number of hydrogen-bond acceptors (Lipinski definition) is 6. The van der Waals surface area contributed by atoms with E-state index < -0.39 is 0 Å². The quantitative estimate of drug-likeness (QED) is 0.203. The Balaban J connectivity index is 1.40. The molecule has 1 atom stereocenters. The van der Waals surface area contributed by atoms with E-state index in [2.05, 4.69) is 103 Å². The van der Waals surface area contributed by atoms with Crippen LogP contribution in [0.4, 0.5) is 10.5 Å². The van der Waals surface area contributed by atoms with Gasteiger partial charge < -0.3 is 24.4 Å². The number of hydrogen-bond donors (Lipinski definition) is 1. The van der Waals surface area contributed by atoms with E-state index in [4.69, 9.17) is 14.8 Å². The molecule has 5 rings (SSSR count). The minimum absolute atomic E-state index is 0.0884. The van der Waals surface area contributed by atoms with E-state index in [0.717, 1.165) is 59.7 Å². The van der Waals surface area contributed by atoms with Crippen molar-refractivity contribution >= 4 is 28.5 Å². The summed E-state index contributed by atoms with van der Waals surface area (Å²) in [4.78, 5) is 21.3. The highest BCUT2D eigenvalue weighted by Gasteiger charge is 2.31. The lowest BCUT2D eigenvalue weighted by molar-refractivity contribution is 0.118. The molecule has 0 radical (unpaired) electrons. The van der Waals surface area contributed by atoms with Gasteiger partial charge in [-0.1, -0.05) is 37.3 Å². The molecule has 0 aliphatic carbocycles. The number of nitrogens with zero attached hydrogens (tertiary/aromatic N) is 6. The first-order valence-corrected chi connectivity index (χ1v) is 15.5. The summed E-state index contributed by atoms with van der Waals surface area (Å²) in [6, 6.07) is 21.0. The molecule has 0 bridgehead atoms. The van der Waals surface area contributed by atoms with Gasteiger partial charge in [0.05, 0.1) is 18.0 Å². The molecule has 0 spiro atoms. The van der Waals surface area contributed by atoms with Gasteiger partial charge in [0.1, 0.15) is 5.65 Å². The number of ether oxygens (including phenoxy) is 1. The third-order valence-corrected chi connectivity index (χ3v) is 8.10. The van der Waals surface area contributed by atoms with Crippen LogP contribution in [0.5, 0.6) is 0 Å². The lowest BCUT2D eigenvalue weighted by atomic mass is 9.89. The molecule has 4 aromatic rings. The standard InChI is InChI=1S/C35H45N7O2/c1-7-19-44-20-18-40(5)35(43)37-28-14-12-26(13-15-28)33-31(24-42(8-2)38-33)29-16-17-36-34-30(29)22-32(41(34)6)27-11-9-10-25(21-27)23-39(3)4/h9-17,21-22,31H,7-8,18-20,23-24H2,1-6H3,(H,37,43). The number of pyridine rings is 1. The van der Waals surface area contributed by atoms with Crippen molar-refractivity contribution in [3.8, 4) is 11.3 Å². The van der Waals surface area contributed by atoms with Gasteiger partial charge in [-0.25, -0.2) is 9.78 Å². The van der Waals surface area contributed by atoms with E-state index in [-0.39, 0.29) is 11.9 Å². The molecule has 2 aromatic heterocycles. The summed E-state index contributed by atoms with van der Waals surface area (Å²) in [5.74, 6) is 0.0884. The second kappa shape index (κ2) is 14.1. The van der Waals surface area contributed by atoms with Gasteiger partial charge in [0.15, 0.2) is 0 Å². The van der Waals surface area contributed by atoms with Crippen molar-refractivity contribution in [3.05, 3.63) is 83.6 Å². The Bertz CT molecular complexity index is 1610. The molecule has 2 amide bonds. The van der Waals surface area contributed by atoms with Crippen molar-refractivity contribution in [1.82, 2.24) is 24.4 Å². The number of rotatable bonds is 12. The summed E-state index contributed by atoms with van der Waals surface area (Å²) in [6.45, 7) is 8.50. The molecule has 1 N–H and O–H groups in total. The lowest BCUT2D eigenvalue weighted by Crippen LogP contribution is -2.34. The molecule has 3 heterocycles. The Morgan fingerprint density at radius 2 is 1.82 bits per heavy atom. The number of carbonyl (C=O) groups is 1. The van der Waals surface area contributed by atoms with Crippen molar-refractivity contribution in [3.63, 3.8) is 0 Å². The molecular formula is C35H45N7O2. The first kappa shape index (κ1) is 31.2. The van der Waals surface area contributed by atoms with Crippen LogP contribution in [0.25, 0.3) is 22.3 Å². The number of urea groups is 1. The third kappa shape index (κ3) is 6.95. The zero-order valence-electron chi connectivity index (χ0n) is 26.9. The van der Waals surface area contributed by atoms with Gasteiger partial charge in [0, 0.05) is 70.1 Å². The second-order valence-corrected chi connectivity index (χ2v) is 11.7. The van der Waals surface area contributed by atoms with E-state index in [1.54, 1.807) is 11.9 Å². The van der Waals surface area contributed by atoms with Crippen molar-refractivity contribution in [2.75, 3.05) is 59.3 Å². The topological polar surface area (TPSA) is 78.2 Å². The molecule has 1 unspecified atom stereocenters. The normalized spacial score (nSPS) is 14.8. The fraction of sp³-hybridized carbons (Fsp3) is 0.400. The Morgan fingerprint density at radius 1 is 1.02 bits per heavy atom. The Morgan fingerprint density at radius 3 is 2.55 bits per heavy atom. The molecule has 1 aliphatic rings. The van der Waals surface area contributed by atoms with Crippen LogP contribution < -0.4 is 5.32 Å². The van der Waals surface area contributed by atoms with Gasteiger partial charge in [-0.05, 0) is 80.0 Å². The van der Waals surface area contributed by atoms with E-state index in [1.165, 1.54) is 16.7 Å². The van der Waals surface area contributed by atoms with Crippen LogP contribution in [-0.4, -0.2) is 90.1 Å². The van der Waals surface area contributed by atoms with Gasteiger partial charge in [-0.15, -0.1) is 0 Å². The Hall–Kier alpha value is -4.21. The number of carbonyl (C=O) groups excluding carboxylic acids is 1. The first-order chi connectivity index (χ1) is 21.3. The van der Waals surface area contributed by atoms with Crippen molar-refractivity contribution in [2.24, 2.45) is 12.1 Å². The molecule has 9 heteroatoms. The molecule has 232 valence electrons. The predicted molar refractivity (Wildman–Crippen MR) is 179 cm³/mol. The Labute approximate surface area is 261 Å². The van der Waals surface area contributed by atoms with Crippen molar-refractivity contribution < 1.29 is 9.53 Å². The smallest absolute Gasteiger partial charge is 0.321 e. The van der Waals surface area contributed by atoms with Gasteiger partial charge in [0.2, 0.25) is 0 Å². The van der Waals surface area contributed by atoms with Crippen LogP contribution in [0.1, 0.15) is 42.9 Å². The van der Waals surface area contributed by atoms with E-state index in [1.807, 2.05) is 18.3 Å². The largest absolute Gasteiger partial charge is 0.380 e. The number of benzene rings is 2. The van der Waals surface area contributed by atoms with Crippen LogP contribution in [-0.2, 0) is 18.3 Å². The number of hydrazone groups is 1. The van der Waals surface area contributed by atoms with E-state index in [9.17, 15) is 4.79 Å². The minimum atomic E-state index is -0.155. The third-order valence-electron chi connectivity index (χ3n) is 8.10. The maximum absolute atomic E-state index is 12.7. The van der Waals surface area contributed by atoms with Crippen LogP contribution in [0.2, 0.25) is 0 Å². The monoisotopic (exact) mass is 595 g/mol. The van der Waals surface area contributed by atoms with Crippen molar-refractivity contribution in [1.29, 1.82) is 0 Å². The fourth-order valence-corrected chi connectivity index (χ4v) is 5.77. The SMILES string of the molecule is CCCOCCN(C)C(=O)Nc1ccc(C2=NN(CC)CC2c2ccnc3c2cc(-c2cccc(CN(C)C)c2)n3C)cc1. The fourth-order valence-electron chi connectivity index (χ4n) is 5.77. The summed E-state index contributed by atoms with van der Waals surface area (Å²) < 4.78 is 7.72. The maximum Gasteiger partial charge on any atom is 0.321 e. The van der Waals surface area contributed by atoms with Gasteiger partial charge in [-0.3, -0.25) is 5.01 Å². The molecule has 0 fully saturated rings. The summed E-state index contributed by atoms with van der Waals surface area (Å²) >= 11 is 0.